The van der Waals surface area contributed by atoms with Crippen LogP contribution in [0.4, 0.5) is 17.1 Å². The van der Waals surface area contributed by atoms with Crippen LogP contribution >= 0.6 is 0 Å². The molecule has 0 amide bonds. The number of methoxy groups -OCH3 is 1. The summed E-state index contributed by atoms with van der Waals surface area (Å²) in [6.45, 7) is 11.1. The molecule has 0 fully saturated rings. The minimum atomic E-state index is -0.375. The van der Waals surface area contributed by atoms with Crippen molar-refractivity contribution in [1.29, 1.82) is 0 Å². The first kappa shape index (κ1) is 27.3. The number of hydrogen-bond donors (Lipinski definition) is 0. The molecule has 0 aliphatic heterocycles. The van der Waals surface area contributed by atoms with Gasteiger partial charge in [-0.1, -0.05) is 37.4 Å². The second kappa shape index (κ2) is 13.1. The SMILES string of the molecule is C=C(C)C(=O)OCCc1ccc(N(c2ccc(CCOC(=O)C(=C)C)cc2)c2ccc(OC)cc2)cc1. The first-order valence-corrected chi connectivity index (χ1v) is 12.1. The van der Waals surface area contributed by atoms with Gasteiger partial charge in [-0.3, -0.25) is 0 Å². The molecule has 0 unspecified atom stereocenters. The Kier molecular flexibility index (Phi) is 9.67. The van der Waals surface area contributed by atoms with E-state index < -0.39 is 0 Å². The molecule has 3 rings (SSSR count). The molecule has 37 heavy (non-hydrogen) atoms. The van der Waals surface area contributed by atoms with Crippen LogP contribution in [0.5, 0.6) is 5.75 Å². The maximum atomic E-state index is 11.6. The lowest BCUT2D eigenvalue weighted by Gasteiger charge is -2.26. The smallest absolute Gasteiger partial charge is 0.333 e. The van der Waals surface area contributed by atoms with Crippen molar-refractivity contribution >= 4 is 29.0 Å². The zero-order valence-corrected chi connectivity index (χ0v) is 21.7. The molecule has 0 aliphatic rings. The van der Waals surface area contributed by atoms with E-state index in [0.29, 0.717) is 37.2 Å². The van der Waals surface area contributed by atoms with Crippen molar-refractivity contribution in [1.82, 2.24) is 0 Å². The van der Waals surface area contributed by atoms with E-state index in [1.807, 2.05) is 72.8 Å². The number of ether oxygens (including phenoxy) is 3. The van der Waals surface area contributed by atoms with Crippen LogP contribution in [0.25, 0.3) is 0 Å². The molecule has 0 bridgehead atoms. The van der Waals surface area contributed by atoms with E-state index in [4.69, 9.17) is 14.2 Å². The molecule has 0 aromatic heterocycles. The van der Waals surface area contributed by atoms with E-state index in [1.54, 1.807) is 21.0 Å². The molecule has 3 aromatic rings. The molecule has 3 aromatic carbocycles. The zero-order chi connectivity index (χ0) is 26.8. The third kappa shape index (κ3) is 7.84. The summed E-state index contributed by atoms with van der Waals surface area (Å²) in [5.74, 6) is 0.0301. The third-order valence-electron chi connectivity index (χ3n) is 5.66. The van der Waals surface area contributed by atoms with Crippen molar-refractivity contribution in [3.8, 4) is 5.75 Å². The zero-order valence-electron chi connectivity index (χ0n) is 21.7. The molecular formula is C31H33NO5. The van der Waals surface area contributed by atoms with E-state index in [2.05, 4.69) is 18.1 Å². The van der Waals surface area contributed by atoms with E-state index in [-0.39, 0.29) is 11.9 Å². The maximum absolute atomic E-state index is 11.6. The van der Waals surface area contributed by atoms with Gasteiger partial charge in [-0.15, -0.1) is 0 Å². The lowest BCUT2D eigenvalue weighted by Crippen LogP contribution is -2.11. The molecule has 0 atom stereocenters. The Labute approximate surface area is 218 Å². The average molecular weight is 500 g/mol. The second-order valence-corrected chi connectivity index (χ2v) is 8.70. The van der Waals surface area contributed by atoms with Crippen LogP contribution in [-0.2, 0) is 31.9 Å². The fourth-order valence-electron chi connectivity index (χ4n) is 3.57. The Morgan fingerprint density at radius 3 is 1.32 bits per heavy atom. The van der Waals surface area contributed by atoms with Gasteiger partial charge in [0, 0.05) is 41.1 Å². The van der Waals surface area contributed by atoms with E-state index in [9.17, 15) is 9.59 Å². The van der Waals surface area contributed by atoms with Crippen LogP contribution in [0.15, 0.2) is 97.1 Å². The van der Waals surface area contributed by atoms with Gasteiger partial charge in [0.1, 0.15) is 5.75 Å². The molecule has 0 N–H and O–H groups in total. The topological polar surface area (TPSA) is 65.1 Å². The Morgan fingerprint density at radius 2 is 1.00 bits per heavy atom. The lowest BCUT2D eigenvalue weighted by molar-refractivity contribution is -0.139. The summed E-state index contributed by atoms with van der Waals surface area (Å²) in [7, 11) is 1.64. The van der Waals surface area contributed by atoms with Crippen molar-refractivity contribution in [2.45, 2.75) is 26.7 Å². The van der Waals surface area contributed by atoms with Gasteiger partial charge in [0.2, 0.25) is 0 Å². The van der Waals surface area contributed by atoms with E-state index in [0.717, 1.165) is 33.9 Å². The van der Waals surface area contributed by atoms with Crippen molar-refractivity contribution in [2.24, 2.45) is 0 Å². The molecule has 0 saturated heterocycles. The van der Waals surface area contributed by atoms with Gasteiger partial charge < -0.3 is 19.1 Å². The van der Waals surface area contributed by atoms with Crippen LogP contribution in [0.2, 0.25) is 0 Å². The second-order valence-electron chi connectivity index (χ2n) is 8.70. The third-order valence-corrected chi connectivity index (χ3v) is 5.66. The van der Waals surface area contributed by atoms with E-state index in [1.165, 1.54) is 0 Å². The van der Waals surface area contributed by atoms with Gasteiger partial charge in [-0.05, 0) is 73.5 Å². The summed E-state index contributed by atoms with van der Waals surface area (Å²) in [6, 6.07) is 24.2. The number of hydrogen-bond acceptors (Lipinski definition) is 6. The fraction of sp³-hybridized carbons (Fsp3) is 0.226. The summed E-state index contributed by atoms with van der Waals surface area (Å²) in [5, 5.41) is 0. The maximum Gasteiger partial charge on any atom is 0.333 e. The van der Waals surface area contributed by atoms with Crippen molar-refractivity contribution in [3.63, 3.8) is 0 Å². The summed E-state index contributed by atoms with van der Waals surface area (Å²) in [5.41, 5.74) is 5.85. The number of anilines is 3. The number of carbonyl (C=O) groups is 2. The van der Waals surface area contributed by atoms with Gasteiger partial charge in [-0.25, -0.2) is 9.59 Å². The first-order chi connectivity index (χ1) is 17.8. The van der Waals surface area contributed by atoms with Crippen molar-refractivity contribution in [3.05, 3.63) is 108 Å². The predicted molar refractivity (Wildman–Crippen MR) is 147 cm³/mol. The van der Waals surface area contributed by atoms with Gasteiger partial charge in [0.15, 0.2) is 0 Å². The van der Waals surface area contributed by atoms with Gasteiger partial charge in [-0.2, -0.15) is 0 Å². The Hall–Kier alpha value is -4.32. The standard InChI is InChI=1S/C31H33NO5/c1-22(2)30(33)36-20-18-24-6-10-26(11-7-24)32(28-14-16-29(35-5)17-15-28)27-12-8-25(9-13-27)19-21-37-31(34)23(3)4/h6-17H,1,3,18-21H2,2,4-5H3. The number of nitrogens with zero attached hydrogens (tertiary/aromatic N) is 1. The Morgan fingerprint density at radius 1 is 0.649 bits per heavy atom. The highest BCUT2D eigenvalue weighted by molar-refractivity contribution is 5.87. The minimum Gasteiger partial charge on any atom is -0.497 e. The number of esters is 2. The predicted octanol–water partition coefficient (Wildman–Crippen LogP) is 6.49. The molecule has 0 heterocycles. The van der Waals surface area contributed by atoms with Crippen molar-refractivity contribution in [2.75, 3.05) is 25.2 Å². The van der Waals surface area contributed by atoms with Crippen LogP contribution in [0.3, 0.4) is 0 Å². The van der Waals surface area contributed by atoms with Crippen LogP contribution in [0, 0.1) is 0 Å². The largest absolute Gasteiger partial charge is 0.497 e. The lowest BCUT2D eigenvalue weighted by atomic mass is 10.1. The van der Waals surface area contributed by atoms with Crippen LogP contribution in [-0.4, -0.2) is 32.3 Å². The highest BCUT2D eigenvalue weighted by Crippen LogP contribution is 2.35. The number of benzene rings is 3. The summed E-state index contributed by atoms with van der Waals surface area (Å²) < 4.78 is 15.8. The highest BCUT2D eigenvalue weighted by Gasteiger charge is 2.13. The molecule has 0 aliphatic carbocycles. The Bertz CT molecular complexity index is 1150. The van der Waals surface area contributed by atoms with Gasteiger partial charge >= 0.3 is 11.9 Å². The van der Waals surface area contributed by atoms with Crippen LogP contribution < -0.4 is 9.64 Å². The van der Waals surface area contributed by atoms with Crippen molar-refractivity contribution < 1.29 is 23.8 Å². The first-order valence-electron chi connectivity index (χ1n) is 12.1. The van der Waals surface area contributed by atoms with Crippen LogP contribution in [0.1, 0.15) is 25.0 Å². The molecule has 192 valence electrons. The average Bonchev–Trinajstić information content (AvgIpc) is 2.90. The van der Waals surface area contributed by atoms with Gasteiger partial charge in [0.05, 0.1) is 20.3 Å². The minimum absolute atomic E-state index is 0.302. The van der Waals surface area contributed by atoms with E-state index >= 15 is 0 Å². The highest BCUT2D eigenvalue weighted by atomic mass is 16.5. The molecule has 6 heteroatoms. The number of carbonyl (C=O) groups excluding carboxylic acids is 2. The molecule has 6 nitrogen and oxygen atoms in total. The molecule has 0 saturated carbocycles. The summed E-state index contributed by atoms with van der Waals surface area (Å²) in [4.78, 5) is 25.4. The summed E-state index contributed by atoms with van der Waals surface area (Å²) in [6.07, 6.45) is 1.24. The molecular weight excluding hydrogens is 466 g/mol. The monoisotopic (exact) mass is 499 g/mol. The Balaban J connectivity index is 1.78. The molecule has 0 radical (unpaired) electrons. The number of rotatable bonds is 12. The molecule has 0 spiro atoms. The summed E-state index contributed by atoms with van der Waals surface area (Å²) >= 11 is 0. The fourth-order valence-corrected chi connectivity index (χ4v) is 3.57. The normalized spacial score (nSPS) is 10.4. The quantitative estimate of drug-likeness (QED) is 0.210. The van der Waals surface area contributed by atoms with Gasteiger partial charge in [0.25, 0.3) is 0 Å².